The van der Waals surface area contributed by atoms with Gasteiger partial charge in [-0.1, -0.05) is 12.8 Å². The van der Waals surface area contributed by atoms with E-state index in [1.54, 1.807) is 6.07 Å². The van der Waals surface area contributed by atoms with Gasteiger partial charge >= 0.3 is 0 Å². The third-order valence-electron chi connectivity index (χ3n) is 4.88. The largest absolute Gasteiger partial charge is 0.349 e. The SMILES string of the molecule is Cc1cc(C(=O)NC2CCCC2)ccc1NC(=O)CC1CSCCN1. The molecule has 25 heavy (non-hydrogen) atoms. The molecule has 1 aliphatic carbocycles. The molecular weight excluding hydrogens is 334 g/mol. The lowest BCUT2D eigenvalue weighted by Gasteiger charge is -2.22. The molecule has 0 spiro atoms. The number of carbonyl (C=O) groups excluding carboxylic acids is 2. The standard InChI is InChI=1S/C19H27N3O2S/c1-13-10-14(19(24)21-15-4-2-3-5-15)6-7-17(13)22-18(23)11-16-12-25-9-8-20-16/h6-7,10,15-16,20H,2-5,8-9,11-12H2,1H3,(H,21,24)(H,22,23). The fraction of sp³-hybridized carbons (Fsp3) is 0.579. The Morgan fingerprint density at radius 2 is 2.08 bits per heavy atom. The number of aryl methyl sites for hydroxylation is 1. The van der Waals surface area contributed by atoms with Crippen LogP contribution in [0.3, 0.4) is 0 Å². The minimum atomic E-state index is -0.0173. The van der Waals surface area contributed by atoms with Gasteiger partial charge in [-0.15, -0.1) is 0 Å². The number of nitrogens with one attached hydrogen (secondary N) is 3. The van der Waals surface area contributed by atoms with Crippen molar-refractivity contribution in [1.29, 1.82) is 0 Å². The third-order valence-corrected chi connectivity index (χ3v) is 6.01. The molecule has 0 bridgehead atoms. The molecule has 1 unspecified atom stereocenters. The van der Waals surface area contributed by atoms with Crippen molar-refractivity contribution in [3.8, 4) is 0 Å². The summed E-state index contributed by atoms with van der Waals surface area (Å²) in [5.74, 6) is 2.09. The highest BCUT2D eigenvalue weighted by Crippen LogP contribution is 2.20. The number of amides is 2. The van der Waals surface area contributed by atoms with Crippen LogP contribution in [0.15, 0.2) is 18.2 Å². The first-order chi connectivity index (χ1) is 12.1. The minimum absolute atomic E-state index is 0.0173. The summed E-state index contributed by atoms with van der Waals surface area (Å²) in [7, 11) is 0. The maximum Gasteiger partial charge on any atom is 0.251 e. The Kier molecular flexibility index (Phi) is 6.37. The highest BCUT2D eigenvalue weighted by molar-refractivity contribution is 7.99. The number of benzene rings is 1. The Labute approximate surface area is 153 Å². The normalized spacial score (nSPS) is 21.1. The maximum absolute atomic E-state index is 12.3. The predicted molar refractivity (Wildman–Crippen MR) is 103 cm³/mol. The van der Waals surface area contributed by atoms with Crippen molar-refractivity contribution in [2.75, 3.05) is 23.4 Å². The number of carbonyl (C=O) groups is 2. The van der Waals surface area contributed by atoms with E-state index in [-0.39, 0.29) is 17.9 Å². The maximum atomic E-state index is 12.3. The first kappa shape index (κ1) is 18.3. The highest BCUT2D eigenvalue weighted by Gasteiger charge is 2.19. The van der Waals surface area contributed by atoms with Crippen molar-refractivity contribution in [2.45, 2.75) is 51.1 Å². The quantitative estimate of drug-likeness (QED) is 0.754. The van der Waals surface area contributed by atoms with Crippen molar-refractivity contribution in [2.24, 2.45) is 0 Å². The predicted octanol–water partition coefficient (Wildman–Crippen LogP) is 2.70. The molecule has 2 fully saturated rings. The van der Waals surface area contributed by atoms with Crippen LogP contribution >= 0.6 is 11.8 Å². The molecule has 1 saturated carbocycles. The number of thioether (sulfide) groups is 1. The lowest BCUT2D eigenvalue weighted by molar-refractivity contribution is -0.116. The summed E-state index contributed by atoms with van der Waals surface area (Å²) in [5.41, 5.74) is 2.36. The van der Waals surface area contributed by atoms with E-state index in [0.717, 1.165) is 42.1 Å². The molecule has 3 N–H and O–H groups in total. The Morgan fingerprint density at radius 3 is 2.76 bits per heavy atom. The van der Waals surface area contributed by atoms with E-state index in [2.05, 4.69) is 16.0 Å². The number of hydrogen-bond acceptors (Lipinski definition) is 4. The molecule has 1 aromatic rings. The fourth-order valence-electron chi connectivity index (χ4n) is 3.46. The van der Waals surface area contributed by atoms with Crippen LogP contribution in [-0.4, -0.2) is 41.9 Å². The van der Waals surface area contributed by atoms with Crippen LogP contribution < -0.4 is 16.0 Å². The van der Waals surface area contributed by atoms with Crippen LogP contribution in [0, 0.1) is 6.92 Å². The van der Waals surface area contributed by atoms with E-state index in [1.807, 2.05) is 30.8 Å². The van der Waals surface area contributed by atoms with Crippen LogP contribution in [0.2, 0.25) is 0 Å². The number of anilines is 1. The molecule has 1 aliphatic heterocycles. The van der Waals surface area contributed by atoms with Gasteiger partial charge in [-0.3, -0.25) is 9.59 Å². The molecular formula is C19H27N3O2S. The van der Waals surface area contributed by atoms with Gasteiger partial charge in [-0.2, -0.15) is 11.8 Å². The molecule has 0 aromatic heterocycles. The lowest BCUT2D eigenvalue weighted by atomic mass is 10.1. The van der Waals surface area contributed by atoms with Crippen molar-refractivity contribution < 1.29 is 9.59 Å². The van der Waals surface area contributed by atoms with Crippen LogP contribution in [0.5, 0.6) is 0 Å². The fourth-order valence-corrected chi connectivity index (χ4v) is 4.41. The summed E-state index contributed by atoms with van der Waals surface area (Å²) < 4.78 is 0. The molecule has 1 aromatic carbocycles. The summed E-state index contributed by atoms with van der Waals surface area (Å²) in [5, 5.41) is 9.45. The zero-order valence-corrected chi connectivity index (χ0v) is 15.6. The topological polar surface area (TPSA) is 70.2 Å². The van der Waals surface area contributed by atoms with Crippen molar-refractivity contribution in [3.63, 3.8) is 0 Å². The Morgan fingerprint density at radius 1 is 1.28 bits per heavy atom. The molecule has 5 nitrogen and oxygen atoms in total. The first-order valence-electron chi connectivity index (χ1n) is 9.14. The number of hydrogen-bond donors (Lipinski definition) is 3. The second kappa shape index (κ2) is 8.72. The zero-order chi connectivity index (χ0) is 17.6. The Balaban J connectivity index is 1.55. The van der Waals surface area contributed by atoms with Crippen molar-refractivity contribution >= 4 is 29.3 Å². The van der Waals surface area contributed by atoms with Gasteiger partial charge in [0.25, 0.3) is 5.91 Å². The first-order valence-corrected chi connectivity index (χ1v) is 10.3. The van der Waals surface area contributed by atoms with Gasteiger partial charge in [-0.05, 0) is 43.5 Å². The third kappa shape index (κ3) is 5.22. The molecule has 1 saturated heterocycles. The molecule has 6 heteroatoms. The second-order valence-electron chi connectivity index (χ2n) is 6.96. The average molecular weight is 362 g/mol. The second-order valence-corrected chi connectivity index (χ2v) is 8.11. The lowest BCUT2D eigenvalue weighted by Crippen LogP contribution is -2.39. The summed E-state index contributed by atoms with van der Waals surface area (Å²) in [6, 6.07) is 6.04. The smallest absolute Gasteiger partial charge is 0.251 e. The van der Waals surface area contributed by atoms with Crippen molar-refractivity contribution in [3.05, 3.63) is 29.3 Å². The average Bonchev–Trinajstić information content (AvgIpc) is 3.10. The van der Waals surface area contributed by atoms with Gasteiger partial charge in [0.05, 0.1) is 0 Å². The monoisotopic (exact) mass is 361 g/mol. The van der Waals surface area contributed by atoms with E-state index >= 15 is 0 Å². The van der Waals surface area contributed by atoms with E-state index in [1.165, 1.54) is 12.8 Å². The van der Waals surface area contributed by atoms with Crippen LogP contribution in [0.4, 0.5) is 5.69 Å². The summed E-state index contributed by atoms with van der Waals surface area (Å²) in [4.78, 5) is 24.6. The van der Waals surface area contributed by atoms with E-state index in [9.17, 15) is 9.59 Å². The van der Waals surface area contributed by atoms with E-state index in [0.29, 0.717) is 18.0 Å². The highest BCUT2D eigenvalue weighted by atomic mass is 32.2. The summed E-state index contributed by atoms with van der Waals surface area (Å²) in [6.07, 6.45) is 5.03. The zero-order valence-electron chi connectivity index (χ0n) is 14.8. The van der Waals surface area contributed by atoms with Gasteiger partial charge in [0.2, 0.25) is 5.91 Å². The van der Waals surface area contributed by atoms with Crippen LogP contribution in [0.25, 0.3) is 0 Å². The Bertz CT molecular complexity index is 623. The molecule has 136 valence electrons. The summed E-state index contributed by atoms with van der Waals surface area (Å²) in [6.45, 7) is 2.89. The molecule has 1 atom stereocenters. The molecule has 2 amide bonds. The van der Waals surface area contributed by atoms with E-state index < -0.39 is 0 Å². The molecule has 2 aliphatic rings. The molecule has 1 heterocycles. The van der Waals surface area contributed by atoms with E-state index in [4.69, 9.17) is 0 Å². The van der Waals surface area contributed by atoms with Crippen LogP contribution in [0.1, 0.15) is 48.0 Å². The van der Waals surface area contributed by atoms with Gasteiger partial charge in [0.1, 0.15) is 0 Å². The number of rotatable bonds is 5. The van der Waals surface area contributed by atoms with Gasteiger partial charge in [0, 0.05) is 47.8 Å². The van der Waals surface area contributed by atoms with Gasteiger partial charge in [-0.25, -0.2) is 0 Å². The van der Waals surface area contributed by atoms with Gasteiger partial charge in [0.15, 0.2) is 0 Å². The van der Waals surface area contributed by atoms with Crippen molar-refractivity contribution in [1.82, 2.24) is 10.6 Å². The molecule has 3 rings (SSSR count). The molecule has 0 radical (unpaired) electrons. The van der Waals surface area contributed by atoms with Crippen LogP contribution in [-0.2, 0) is 4.79 Å². The van der Waals surface area contributed by atoms with Gasteiger partial charge < -0.3 is 16.0 Å². The summed E-state index contributed by atoms with van der Waals surface area (Å²) >= 11 is 1.89. The minimum Gasteiger partial charge on any atom is -0.349 e. The Hall–Kier alpha value is -1.53.